The monoisotopic (exact) mass is 491 g/mol. The van der Waals surface area contributed by atoms with Crippen LogP contribution < -0.4 is 0 Å². The van der Waals surface area contributed by atoms with Crippen LogP contribution in [0.5, 0.6) is 0 Å². The Balaban J connectivity index is 1.48. The third-order valence-electron chi connectivity index (χ3n) is 8.27. The van der Waals surface area contributed by atoms with Crippen LogP contribution in [0.2, 0.25) is 0 Å². The molecule has 38 heavy (non-hydrogen) atoms. The van der Waals surface area contributed by atoms with Crippen LogP contribution in [0.1, 0.15) is 49.9 Å². The van der Waals surface area contributed by atoms with Crippen LogP contribution in [0.3, 0.4) is 0 Å². The fourth-order valence-electron chi connectivity index (χ4n) is 6.62. The Bertz CT molecular complexity index is 1690. The number of fused-ring (bicyclic) bond motifs is 4. The highest BCUT2D eigenvalue weighted by molar-refractivity contribution is 6.10. The van der Waals surface area contributed by atoms with E-state index in [0.717, 1.165) is 22.5 Å². The lowest BCUT2D eigenvalue weighted by Crippen LogP contribution is -2.20. The molecule has 184 valence electrons. The van der Waals surface area contributed by atoms with Crippen LogP contribution in [0.15, 0.2) is 103 Å². The maximum Gasteiger partial charge on any atom is 0.164 e. The van der Waals surface area contributed by atoms with Crippen molar-refractivity contribution in [3.05, 3.63) is 125 Å². The summed E-state index contributed by atoms with van der Waals surface area (Å²) in [5, 5.41) is 0. The molecule has 0 saturated carbocycles. The Hall–Kier alpha value is -4.37. The van der Waals surface area contributed by atoms with E-state index in [1.165, 1.54) is 33.4 Å². The fourth-order valence-corrected chi connectivity index (χ4v) is 6.62. The SMILES string of the molecule is CC1(C)C2=C(c3ccccc31)C(C)(C)c1c2cccc1-c1nc(-c2ccccc2)nc(-c2ccccc2)n1. The molecule has 1 heterocycles. The van der Waals surface area contributed by atoms with Crippen molar-refractivity contribution in [1.29, 1.82) is 0 Å². The van der Waals surface area contributed by atoms with E-state index >= 15 is 0 Å². The zero-order chi connectivity index (χ0) is 26.1. The van der Waals surface area contributed by atoms with Crippen LogP contribution in [-0.2, 0) is 10.8 Å². The van der Waals surface area contributed by atoms with E-state index in [1.807, 2.05) is 36.4 Å². The van der Waals surface area contributed by atoms with E-state index in [1.54, 1.807) is 0 Å². The summed E-state index contributed by atoms with van der Waals surface area (Å²) >= 11 is 0. The molecular weight excluding hydrogens is 462 g/mol. The van der Waals surface area contributed by atoms with Gasteiger partial charge in [-0.15, -0.1) is 0 Å². The maximum absolute atomic E-state index is 5.08. The minimum Gasteiger partial charge on any atom is -0.208 e. The topological polar surface area (TPSA) is 38.7 Å². The Morgan fingerprint density at radius 3 is 1.53 bits per heavy atom. The molecule has 0 unspecified atom stereocenters. The number of rotatable bonds is 3. The molecule has 2 aliphatic rings. The van der Waals surface area contributed by atoms with Gasteiger partial charge in [0.2, 0.25) is 0 Å². The molecule has 0 amide bonds. The lowest BCUT2D eigenvalue weighted by Gasteiger charge is -2.29. The first-order valence-electron chi connectivity index (χ1n) is 13.2. The summed E-state index contributed by atoms with van der Waals surface area (Å²) in [4.78, 5) is 15.1. The van der Waals surface area contributed by atoms with Gasteiger partial charge in [0.1, 0.15) is 0 Å². The van der Waals surface area contributed by atoms with Gasteiger partial charge in [-0.25, -0.2) is 15.0 Å². The van der Waals surface area contributed by atoms with Gasteiger partial charge in [0.25, 0.3) is 0 Å². The second kappa shape index (κ2) is 8.06. The Labute approximate surface area is 224 Å². The molecule has 2 aliphatic carbocycles. The second-order valence-electron chi connectivity index (χ2n) is 11.3. The Morgan fingerprint density at radius 2 is 0.895 bits per heavy atom. The molecule has 3 heteroatoms. The maximum atomic E-state index is 5.08. The molecule has 0 aliphatic heterocycles. The van der Waals surface area contributed by atoms with Gasteiger partial charge in [0.05, 0.1) is 0 Å². The molecule has 0 fully saturated rings. The van der Waals surface area contributed by atoms with E-state index in [9.17, 15) is 0 Å². The first kappa shape index (κ1) is 22.8. The molecule has 3 nitrogen and oxygen atoms in total. The minimum absolute atomic E-state index is 0.0728. The van der Waals surface area contributed by atoms with Crippen molar-refractivity contribution in [3.8, 4) is 34.2 Å². The molecule has 0 saturated heterocycles. The number of benzene rings is 4. The molecule has 0 spiro atoms. The van der Waals surface area contributed by atoms with Gasteiger partial charge >= 0.3 is 0 Å². The smallest absolute Gasteiger partial charge is 0.164 e. The summed E-state index contributed by atoms with van der Waals surface area (Å²) in [7, 11) is 0. The summed E-state index contributed by atoms with van der Waals surface area (Å²) in [6.07, 6.45) is 0. The first-order valence-corrected chi connectivity index (χ1v) is 13.2. The Kier molecular flexibility index (Phi) is 4.84. The van der Waals surface area contributed by atoms with Crippen molar-refractivity contribution in [2.24, 2.45) is 0 Å². The average molecular weight is 492 g/mol. The van der Waals surface area contributed by atoms with Crippen molar-refractivity contribution in [2.75, 3.05) is 0 Å². The third-order valence-corrected chi connectivity index (χ3v) is 8.27. The minimum atomic E-state index is -0.197. The second-order valence-corrected chi connectivity index (χ2v) is 11.3. The molecule has 0 bridgehead atoms. The van der Waals surface area contributed by atoms with Crippen LogP contribution in [0.4, 0.5) is 0 Å². The van der Waals surface area contributed by atoms with E-state index < -0.39 is 0 Å². The number of nitrogens with zero attached hydrogens (tertiary/aromatic N) is 3. The third kappa shape index (κ3) is 3.18. The van der Waals surface area contributed by atoms with E-state index in [4.69, 9.17) is 15.0 Å². The number of hydrogen-bond donors (Lipinski definition) is 0. The van der Waals surface area contributed by atoms with Crippen LogP contribution in [0.25, 0.3) is 45.3 Å². The van der Waals surface area contributed by atoms with Gasteiger partial charge in [-0.2, -0.15) is 0 Å². The zero-order valence-electron chi connectivity index (χ0n) is 22.2. The van der Waals surface area contributed by atoms with Crippen molar-refractivity contribution >= 4 is 11.1 Å². The van der Waals surface area contributed by atoms with Gasteiger partial charge in [0.15, 0.2) is 17.5 Å². The van der Waals surface area contributed by atoms with E-state index in [-0.39, 0.29) is 10.8 Å². The van der Waals surface area contributed by atoms with Crippen molar-refractivity contribution in [1.82, 2.24) is 15.0 Å². The van der Waals surface area contributed by atoms with Crippen LogP contribution in [0, 0.1) is 0 Å². The zero-order valence-corrected chi connectivity index (χ0v) is 22.2. The molecule has 0 radical (unpaired) electrons. The molecule has 0 atom stereocenters. The highest BCUT2D eigenvalue weighted by Crippen LogP contribution is 2.63. The van der Waals surface area contributed by atoms with Crippen LogP contribution >= 0.6 is 0 Å². The van der Waals surface area contributed by atoms with Crippen molar-refractivity contribution < 1.29 is 0 Å². The summed E-state index contributed by atoms with van der Waals surface area (Å²) in [6, 6.07) is 35.9. The van der Waals surface area contributed by atoms with Gasteiger partial charge < -0.3 is 0 Å². The normalized spacial score (nSPS) is 16.2. The highest BCUT2D eigenvalue weighted by atomic mass is 15.0. The number of allylic oxidation sites excluding steroid dienone is 2. The van der Waals surface area contributed by atoms with Crippen LogP contribution in [-0.4, -0.2) is 15.0 Å². The summed E-state index contributed by atoms with van der Waals surface area (Å²) < 4.78 is 0. The average Bonchev–Trinajstić information content (AvgIpc) is 3.36. The molecule has 5 aromatic rings. The summed E-state index contributed by atoms with van der Waals surface area (Å²) in [5.41, 5.74) is 11.0. The van der Waals surface area contributed by atoms with E-state index in [2.05, 4.69) is 94.4 Å². The predicted molar refractivity (Wildman–Crippen MR) is 155 cm³/mol. The lowest BCUT2D eigenvalue weighted by molar-refractivity contribution is 0.695. The first-order chi connectivity index (χ1) is 18.4. The standard InChI is InChI=1S/C35H29N3/c1-34(2)27-21-12-11-18-24(27)29-30(34)25-19-13-20-26(28(25)35(29,3)4)33-37-31(22-14-7-5-8-15-22)36-32(38-33)23-16-9-6-10-17-23/h5-21H,1-4H3. The number of hydrogen-bond acceptors (Lipinski definition) is 3. The highest BCUT2D eigenvalue weighted by Gasteiger charge is 2.50. The van der Waals surface area contributed by atoms with Crippen molar-refractivity contribution in [2.45, 2.75) is 38.5 Å². The van der Waals surface area contributed by atoms with Gasteiger partial charge in [0, 0.05) is 27.5 Å². The molecular formula is C35H29N3. The largest absolute Gasteiger partial charge is 0.208 e. The van der Waals surface area contributed by atoms with Gasteiger partial charge in [-0.1, -0.05) is 131 Å². The van der Waals surface area contributed by atoms with E-state index in [0.29, 0.717) is 11.6 Å². The summed E-state index contributed by atoms with van der Waals surface area (Å²) in [6.45, 7) is 9.42. The fraction of sp³-hybridized carbons (Fsp3) is 0.171. The number of aromatic nitrogens is 3. The Morgan fingerprint density at radius 1 is 0.421 bits per heavy atom. The molecule has 4 aromatic carbocycles. The lowest BCUT2D eigenvalue weighted by atomic mass is 9.74. The molecule has 1 aromatic heterocycles. The predicted octanol–water partition coefficient (Wildman–Crippen LogP) is 8.37. The van der Waals surface area contributed by atoms with Gasteiger partial charge in [-0.05, 0) is 33.4 Å². The molecule has 7 rings (SSSR count). The van der Waals surface area contributed by atoms with Gasteiger partial charge in [-0.3, -0.25) is 0 Å². The quantitative estimate of drug-likeness (QED) is 0.254. The summed E-state index contributed by atoms with van der Waals surface area (Å²) in [5.74, 6) is 2.10. The van der Waals surface area contributed by atoms with Crippen molar-refractivity contribution in [3.63, 3.8) is 0 Å². The molecule has 0 N–H and O–H groups in total.